The number of benzene rings is 1. The lowest BCUT2D eigenvalue weighted by Crippen LogP contribution is -2.29. The molecule has 1 aliphatic heterocycles. The first kappa shape index (κ1) is 23.0. The topological polar surface area (TPSA) is 66.1 Å². The number of fused-ring (bicyclic) bond motifs is 4. The van der Waals surface area contributed by atoms with Crippen molar-refractivity contribution in [2.45, 2.75) is 95.1 Å². The molecule has 1 aromatic heterocycles. The van der Waals surface area contributed by atoms with Crippen molar-refractivity contribution in [1.82, 2.24) is 4.98 Å². The molecule has 2 saturated carbocycles. The summed E-state index contributed by atoms with van der Waals surface area (Å²) in [6, 6.07) is 5.48. The van der Waals surface area contributed by atoms with E-state index in [1.165, 1.54) is 12.1 Å². The Labute approximate surface area is 203 Å². The molecule has 4 nitrogen and oxygen atoms in total. The quantitative estimate of drug-likeness (QED) is 0.515. The molecule has 2 fully saturated rings. The van der Waals surface area contributed by atoms with Crippen molar-refractivity contribution in [2.75, 3.05) is 0 Å². The molecule has 0 bridgehead atoms. The second-order valence-corrected chi connectivity index (χ2v) is 11.3. The maximum Gasteiger partial charge on any atom is 0.417 e. The van der Waals surface area contributed by atoms with Crippen molar-refractivity contribution in [3.63, 3.8) is 0 Å². The summed E-state index contributed by atoms with van der Waals surface area (Å²) in [5, 5.41) is 20.9. The lowest BCUT2D eigenvalue weighted by Gasteiger charge is -2.34. The summed E-state index contributed by atoms with van der Waals surface area (Å²) in [6.07, 6.45) is 1.63. The summed E-state index contributed by atoms with van der Waals surface area (Å²) in [7, 11) is 0. The van der Waals surface area contributed by atoms with E-state index in [4.69, 9.17) is 9.72 Å². The predicted molar refractivity (Wildman–Crippen MR) is 123 cm³/mol. The summed E-state index contributed by atoms with van der Waals surface area (Å²) >= 11 is 0. The van der Waals surface area contributed by atoms with Crippen LogP contribution in [0.1, 0.15) is 122 Å². The van der Waals surface area contributed by atoms with E-state index in [1.54, 1.807) is 6.07 Å². The van der Waals surface area contributed by atoms with Crippen molar-refractivity contribution in [3.8, 4) is 6.07 Å². The average Bonchev–Trinajstić information content (AvgIpc) is 3.24. The Balaban J connectivity index is 1.58. The van der Waals surface area contributed by atoms with E-state index < -0.39 is 35.1 Å². The minimum Gasteiger partial charge on any atom is -0.388 e. The Morgan fingerprint density at radius 1 is 1.14 bits per heavy atom. The number of nitriles is 1. The van der Waals surface area contributed by atoms with Crippen LogP contribution in [0.5, 0.6) is 0 Å². The molecule has 7 heteroatoms. The van der Waals surface area contributed by atoms with E-state index in [9.17, 15) is 23.5 Å². The summed E-state index contributed by atoms with van der Waals surface area (Å²) in [6.45, 7) is 4.15. The molecule has 0 amide bonds. The van der Waals surface area contributed by atoms with Crippen LogP contribution >= 0.6 is 0 Å². The molecule has 2 atom stereocenters. The largest absolute Gasteiger partial charge is 0.417 e. The minimum absolute atomic E-state index is 0.0795. The first-order chi connectivity index (χ1) is 16.6. The van der Waals surface area contributed by atoms with Crippen molar-refractivity contribution < 1.29 is 23.0 Å². The monoisotopic (exact) mass is 482 g/mol. The number of halogens is 3. The van der Waals surface area contributed by atoms with Gasteiger partial charge in [0.05, 0.1) is 28.9 Å². The maximum atomic E-state index is 13.5. The molecular formula is C28H29F3N2O2. The second-order valence-electron chi connectivity index (χ2n) is 11.3. The molecule has 1 aromatic carbocycles. The minimum atomic E-state index is -4.60. The number of rotatable bonds is 2. The molecule has 6 rings (SSSR count). The van der Waals surface area contributed by atoms with E-state index >= 15 is 0 Å². The number of aromatic nitrogens is 1. The van der Waals surface area contributed by atoms with Gasteiger partial charge in [-0.15, -0.1) is 0 Å². The molecule has 4 aliphatic rings. The molecule has 0 radical (unpaired) electrons. The predicted octanol–water partition coefficient (Wildman–Crippen LogP) is 6.74. The number of pyridine rings is 1. The van der Waals surface area contributed by atoms with Gasteiger partial charge in [-0.2, -0.15) is 18.4 Å². The van der Waals surface area contributed by atoms with Gasteiger partial charge in [-0.1, -0.05) is 32.8 Å². The van der Waals surface area contributed by atoms with Crippen LogP contribution in [-0.2, 0) is 22.9 Å². The van der Waals surface area contributed by atoms with Crippen molar-refractivity contribution in [3.05, 3.63) is 63.0 Å². The summed E-state index contributed by atoms with van der Waals surface area (Å²) in [4.78, 5) is 5.12. The van der Waals surface area contributed by atoms with E-state index in [0.717, 1.165) is 85.5 Å². The van der Waals surface area contributed by atoms with Gasteiger partial charge in [-0.05, 0) is 73.1 Å². The number of nitrogens with zero attached hydrogens (tertiary/aromatic N) is 2. The molecule has 2 unspecified atom stereocenters. The number of hydrogen-bond donors (Lipinski definition) is 1. The Hall–Kier alpha value is -2.43. The van der Waals surface area contributed by atoms with Gasteiger partial charge in [0, 0.05) is 22.5 Å². The fourth-order valence-corrected chi connectivity index (χ4v) is 6.83. The summed E-state index contributed by atoms with van der Waals surface area (Å²) in [5.41, 5.74) is 3.51. The summed E-state index contributed by atoms with van der Waals surface area (Å²) in [5.74, 6) is 0.0795. The van der Waals surface area contributed by atoms with Crippen LogP contribution < -0.4 is 0 Å². The molecule has 2 spiro atoms. The Morgan fingerprint density at radius 2 is 1.86 bits per heavy atom. The molecule has 1 N–H and O–H groups in total. The van der Waals surface area contributed by atoms with E-state index in [2.05, 4.69) is 13.8 Å². The highest BCUT2D eigenvalue weighted by molar-refractivity contribution is 5.56. The molecule has 184 valence electrons. The van der Waals surface area contributed by atoms with Crippen LogP contribution in [0.25, 0.3) is 0 Å². The van der Waals surface area contributed by atoms with Gasteiger partial charge in [0.2, 0.25) is 0 Å². The normalized spacial score (nSPS) is 25.7. The highest BCUT2D eigenvalue weighted by atomic mass is 19.4. The van der Waals surface area contributed by atoms with Crippen LogP contribution in [0, 0.1) is 16.7 Å². The molecule has 35 heavy (non-hydrogen) atoms. The standard InChI is InChI=1S/C28H29F3N2O2/c1-15(2)24-22-23(21-19(33-24)12-26(9-10-26)13-20(21)34)27(7-3-4-8-27)35-25(22)16-5-6-18(28(29,30)31)17(11-16)14-32/h5-6,11,15,20,25,34H,3-4,7-10,12-13H2,1-2H3. The Bertz CT molecular complexity index is 1250. The first-order valence-electron chi connectivity index (χ1n) is 12.6. The SMILES string of the molecule is CC(C)c1nc2c(c3c1C(c1ccc(C(F)(F)F)c(C#N)c1)OC31CCCC1)C(O)CC1(CC1)C2. The number of hydrogen-bond acceptors (Lipinski definition) is 4. The lowest BCUT2D eigenvalue weighted by molar-refractivity contribution is -0.137. The third-order valence-corrected chi connectivity index (χ3v) is 8.63. The number of aliphatic hydroxyl groups is 1. The fourth-order valence-electron chi connectivity index (χ4n) is 6.83. The van der Waals surface area contributed by atoms with Crippen molar-refractivity contribution in [2.24, 2.45) is 5.41 Å². The molecular weight excluding hydrogens is 453 g/mol. The van der Waals surface area contributed by atoms with Gasteiger partial charge in [0.25, 0.3) is 0 Å². The fraction of sp³-hybridized carbons (Fsp3) is 0.571. The second kappa shape index (κ2) is 7.54. The maximum absolute atomic E-state index is 13.5. The smallest absolute Gasteiger partial charge is 0.388 e. The van der Waals surface area contributed by atoms with E-state index in [0.29, 0.717) is 5.56 Å². The third-order valence-electron chi connectivity index (χ3n) is 8.63. The molecule has 2 aromatic rings. The zero-order chi connectivity index (χ0) is 24.8. The molecule has 3 aliphatic carbocycles. The van der Waals surface area contributed by atoms with Crippen LogP contribution in [0.2, 0.25) is 0 Å². The highest BCUT2D eigenvalue weighted by Gasteiger charge is 2.55. The van der Waals surface area contributed by atoms with Gasteiger partial charge in [0.15, 0.2) is 0 Å². The van der Waals surface area contributed by atoms with Gasteiger partial charge < -0.3 is 9.84 Å². The van der Waals surface area contributed by atoms with Gasteiger partial charge in [-0.3, -0.25) is 4.98 Å². The van der Waals surface area contributed by atoms with Gasteiger partial charge in [-0.25, -0.2) is 0 Å². The number of ether oxygens (including phenoxy) is 1. The zero-order valence-corrected chi connectivity index (χ0v) is 20.0. The van der Waals surface area contributed by atoms with Crippen molar-refractivity contribution in [1.29, 1.82) is 5.26 Å². The highest BCUT2D eigenvalue weighted by Crippen LogP contribution is 2.63. The molecule has 0 saturated heterocycles. The van der Waals surface area contributed by atoms with Crippen LogP contribution in [-0.4, -0.2) is 10.1 Å². The Morgan fingerprint density at radius 3 is 2.46 bits per heavy atom. The van der Waals surface area contributed by atoms with Gasteiger partial charge in [0.1, 0.15) is 6.10 Å². The van der Waals surface area contributed by atoms with Crippen molar-refractivity contribution >= 4 is 0 Å². The first-order valence-corrected chi connectivity index (χ1v) is 12.6. The van der Waals surface area contributed by atoms with Crippen LogP contribution in [0.4, 0.5) is 13.2 Å². The lowest BCUT2D eigenvalue weighted by atomic mass is 9.74. The Kier molecular flexibility index (Phi) is 4.95. The van der Waals surface area contributed by atoms with Gasteiger partial charge >= 0.3 is 6.18 Å². The van der Waals surface area contributed by atoms with E-state index in [-0.39, 0.29) is 11.3 Å². The van der Waals surface area contributed by atoms with Crippen LogP contribution in [0.15, 0.2) is 18.2 Å². The molecule has 2 heterocycles. The number of alkyl halides is 3. The van der Waals surface area contributed by atoms with E-state index in [1.807, 2.05) is 0 Å². The number of aliphatic hydroxyl groups excluding tert-OH is 1. The average molecular weight is 483 g/mol. The third kappa shape index (κ3) is 3.44. The zero-order valence-electron chi connectivity index (χ0n) is 20.0. The summed E-state index contributed by atoms with van der Waals surface area (Å²) < 4.78 is 47.2. The van der Waals surface area contributed by atoms with Crippen LogP contribution in [0.3, 0.4) is 0 Å².